The predicted octanol–water partition coefficient (Wildman–Crippen LogP) is 1.70. The highest BCUT2D eigenvalue weighted by Gasteiger charge is 2.16. The molecule has 0 radical (unpaired) electrons. The van der Waals surface area contributed by atoms with E-state index in [9.17, 15) is 14.7 Å². The third kappa shape index (κ3) is 3.15. The molecular weight excluding hydrogens is 276 g/mol. The number of aliphatic carboxylic acids is 1. The first kappa shape index (κ1) is 12.9. The molecule has 0 amide bonds. The highest BCUT2D eigenvalue weighted by atomic mass is 79.9. The number of aliphatic hydroxyl groups is 1. The molecule has 1 aromatic rings. The van der Waals surface area contributed by atoms with Crippen molar-refractivity contribution in [2.75, 3.05) is 0 Å². The number of aldehydes is 1. The van der Waals surface area contributed by atoms with Crippen molar-refractivity contribution in [3.8, 4) is 0 Å². The molecule has 2 N–H and O–H groups in total. The molecule has 86 valence electrons. The Morgan fingerprint density at radius 3 is 2.69 bits per heavy atom. The van der Waals surface area contributed by atoms with Crippen LogP contribution < -0.4 is 0 Å². The lowest BCUT2D eigenvalue weighted by Gasteiger charge is -2.08. The van der Waals surface area contributed by atoms with E-state index >= 15 is 0 Å². The zero-order chi connectivity index (χ0) is 12.1. The third-order valence-electron chi connectivity index (χ3n) is 2.16. The van der Waals surface area contributed by atoms with Crippen molar-refractivity contribution in [2.24, 2.45) is 0 Å². The van der Waals surface area contributed by atoms with E-state index in [1.165, 1.54) is 0 Å². The Kier molecular flexibility index (Phi) is 4.64. The number of aliphatic hydroxyl groups excluding tert-OH is 1. The van der Waals surface area contributed by atoms with Gasteiger partial charge < -0.3 is 15.0 Å². The summed E-state index contributed by atoms with van der Waals surface area (Å²) in [4.78, 5) is 20.8. The zero-order valence-electron chi connectivity index (χ0n) is 8.39. The minimum absolute atomic E-state index is 0.314. The van der Waals surface area contributed by atoms with Gasteiger partial charge in [0, 0.05) is 10.9 Å². The van der Waals surface area contributed by atoms with Crippen molar-refractivity contribution >= 4 is 28.2 Å². The number of carbonyl (C=O) groups is 2. The molecule has 0 aliphatic rings. The van der Waals surface area contributed by atoms with Crippen LogP contribution in [-0.4, -0.2) is 22.5 Å². The van der Waals surface area contributed by atoms with Crippen LogP contribution in [0.4, 0.5) is 0 Å². The monoisotopic (exact) mass is 286 g/mol. The van der Waals surface area contributed by atoms with E-state index < -0.39 is 12.1 Å². The van der Waals surface area contributed by atoms with Crippen molar-refractivity contribution in [1.82, 2.24) is 0 Å². The molecule has 0 heterocycles. The van der Waals surface area contributed by atoms with Crippen molar-refractivity contribution in [2.45, 2.75) is 18.9 Å². The maximum atomic E-state index is 10.6. The van der Waals surface area contributed by atoms with E-state index in [0.717, 1.165) is 11.8 Å². The Bertz CT molecular complexity index is 403. The molecule has 5 heteroatoms. The maximum Gasteiger partial charge on any atom is 0.337 e. The average molecular weight is 287 g/mol. The standard InChI is InChI=1S/C11H11BrO4/c12-9-6-8(10(14)11(15)16)4-3-7(9)2-1-5-13/h3-6,10,14H,1-2H2,(H,15,16). The van der Waals surface area contributed by atoms with E-state index in [1.54, 1.807) is 18.2 Å². The summed E-state index contributed by atoms with van der Waals surface area (Å²) < 4.78 is 0.701. The highest BCUT2D eigenvalue weighted by molar-refractivity contribution is 9.10. The second kappa shape index (κ2) is 5.77. The number of carboxylic acids is 1. The van der Waals surface area contributed by atoms with E-state index in [2.05, 4.69) is 15.9 Å². The van der Waals surface area contributed by atoms with Crippen LogP contribution in [0.25, 0.3) is 0 Å². The van der Waals surface area contributed by atoms with Crippen LogP contribution >= 0.6 is 15.9 Å². The van der Waals surface area contributed by atoms with Gasteiger partial charge in [-0.3, -0.25) is 0 Å². The first-order valence-electron chi connectivity index (χ1n) is 4.69. The number of carbonyl (C=O) groups excluding carboxylic acids is 1. The Morgan fingerprint density at radius 2 is 2.19 bits per heavy atom. The Hall–Kier alpha value is -1.20. The Balaban J connectivity index is 2.90. The van der Waals surface area contributed by atoms with E-state index in [-0.39, 0.29) is 0 Å². The second-order valence-corrected chi connectivity index (χ2v) is 4.15. The third-order valence-corrected chi connectivity index (χ3v) is 2.90. The molecule has 16 heavy (non-hydrogen) atoms. The van der Waals surface area contributed by atoms with Gasteiger partial charge in [-0.1, -0.05) is 28.1 Å². The molecule has 0 saturated heterocycles. The summed E-state index contributed by atoms with van der Waals surface area (Å²) in [5.41, 5.74) is 1.22. The van der Waals surface area contributed by atoms with Crippen molar-refractivity contribution in [1.29, 1.82) is 0 Å². The fourth-order valence-corrected chi connectivity index (χ4v) is 1.89. The SMILES string of the molecule is O=CCCc1ccc(C(O)C(=O)O)cc1Br. The lowest BCUT2D eigenvalue weighted by atomic mass is 10.0. The van der Waals surface area contributed by atoms with Crippen molar-refractivity contribution in [3.05, 3.63) is 33.8 Å². The van der Waals surface area contributed by atoms with Crippen molar-refractivity contribution in [3.63, 3.8) is 0 Å². The van der Waals surface area contributed by atoms with Crippen LogP contribution in [0.3, 0.4) is 0 Å². The van der Waals surface area contributed by atoms with Crippen LogP contribution in [0, 0.1) is 0 Å². The van der Waals surface area contributed by atoms with Gasteiger partial charge >= 0.3 is 5.97 Å². The van der Waals surface area contributed by atoms with Gasteiger partial charge in [-0.25, -0.2) is 4.79 Å². The Morgan fingerprint density at radius 1 is 1.50 bits per heavy atom. The average Bonchev–Trinajstić information content (AvgIpc) is 2.26. The van der Waals surface area contributed by atoms with Crippen LogP contribution in [0.2, 0.25) is 0 Å². The zero-order valence-corrected chi connectivity index (χ0v) is 9.98. The molecule has 0 bridgehead atoms. The topological polar surface area (TPSA) is 74.6 Å². The minimum atomic E-state index is -1.52. The normalized spacial score (nSPS) is 12.1. The summed E-state index contributed by atoms with van der Waals surface area (Å²) in [5, 5.41) is 17.9. The van der Waals surface area contributed by atoms with Gasteiger partial charge in [0.2, 0.25) is 0 Å². The van der Waals surface area contributed by atoms with Gasteiger partial charge in [-0.2, -0.15) is 0 Å². The number of hydrogen-bond donors (Lipinski definition) is 2. The lowest BCUT2D eigenvalue weighted by Crippen LogP contribution is -2.10. The van der Waals surface area contributed by atoms with Gasteiger partial charge in [-0.05, 0) is 23.6 Å². The number of benzene rings is 1. The van der Waals surface area contributed by atoms with E-state index in [4.69, 9.17) is 5.11 Å². The molecular formula is C11H11BrO4. The first-order chi connectivity index (χ1) is 7.56. The molecule has 4 nitrogen and oxygen atoms in total. The van der Waals surface area contributed by atoms with E-state index in [1.807, 2.05) is 0 Å². The molecule has 0 saturated carbocycles. The minimum Gasteiger partial charge on any atom is -0.479 e. The predicted molar refractivity (Wildman–Crippen MR) is 61.1 cm³/mol. The quantitative estimate of drug-likeness (QED) is 0.808. The molecule has 0 spiro atoms. The maximum absolute atomic E-state index is 10.6. The van der Waals surface area contributed by atoms with Crippen LogP contribution in [0.1, 0.15) is 23.7 Å². The fraction of sp³-hybridized carbons (Fsp3) is 0.273. The second-order valence-electron chi connectivity index (χ2n) is 3.30. The summed E-state index contributed by atoms with van der Waals surface area (Å²) in [6, 6.07) is 4.80. The summed E-state index contributed by atoms with van der Waals surface area (Å²) in [7, 11) is 0. The Labute approximate surface area is 101 Å². The molecule has 0 aliphatic carbocycles. The number of halogens is 1. The molecule has 1 atom stereocenters. The number of carboxylic acid groups (broad SMARTS) is 1. The van der Waals surface area contributed by atoms with E-state index in [0.29, 0.717) is 22.9 Å². The summed E-state index contributed by atoms with van der Waals surface area (Å²) in [6.45, 7) is 0. The smallest absolute Gasteiger partial charge is 0.337 e. The van der Waals surface area contributed by atoms with Gasteiger partial charge in [-0.15, -0.1) is 0 Å². The molecule has 1 rings (SSSR count). The van der Waals surface area contributed by atoms with Crippen LogP contribution in [-0.2, 0) is 16.0 Å². The first-order valence-corrected chi connectivity index (χ1v) is 5.48. The highest BCUT2D eigenvalue weighted by Crippen LogP contribution is 2.23. The summed E-state index contributed by atoms with van der Waals surface area (Å²) >= 11 is 3.27. The molecule has 0 fully saturated rings. The van der Waals surface area contributed by atoms with Crippen molar-refractivity contribution < 1.29 is 19.8 Å². The molecule has 0 aliphatic heterocycles. The molecule has 1 unspecified atom stereocenters. The van der Waals surface area contributed by atoms with Gasteiger partial charge in [0.05, 0.1) is 0 Å². The lowest BCUT2D eigenvalue weighted by molar-refractivity contribution is -0.146. The fourth-order valence-electron chi connectivity index (χ4n) is 1.29. The van der Waals surface area contributed by atoms with Crippen LogP contribution in [0.5, 0.6) is 0 Å². The van der Waals surface area contributed by atoms with Gasteiger partial charge in [0.1, 0.15) is 6.29 Å². The van der Waals surface area contributed by atoms with Gasteiger partial charge in [0.25, 0.3) is 0 Å². The summed E-state index contributed by atoms with van der Waals surface area (Å²) in [5.74, 6) is -1.28. The van der Waals surface area contributed by atoms with Crippen LogP contribution in [0.15, 0.2) is 22.7 Å². The number of rotatable bonds is 5. The molecule has 0 aromatic heterocycles. The number of hydrogen-bond acceptors (Lipinski definition) is 3. The number of aryl methyl sites for hydroxylation is 1. The summed E-state index contributed by atoms with van der Waals surface area (Å²) in [6.07, 6.45) is 0.316. The van der Waals surface area contributed by atoms with Gasteiger partial charge in [0.15, 0.2) is 6.10 Å². The largest absolute Gasteiger partial charge is 0.479 e. The molecule has 1 aromatic carbocycles.